The Balaban J connectivity index is 4.23. The molecule has 0 bridgehead atoms. The summed E-state index contributed by atoms with van der Waals surface area (Å²) in [7, 11) is 0. The first-order chi connectivity index (χ1) is 40.5. The summed E-state index contributed by atoms with van der Waals surface area (Å²) >= 11 is 0. The number of ether oxygens (including phenoxy) is 3. The van der Waals surface area contributed by atoms with Crippen LogP contribution in [0.3, 0.4) is 0 Å². The summed E-state index contributed by atoms with van der Waals surface area (Å²) in [5.74, 6) is -0.960. The van der Waals surface area contributed by atoms with Crippen molar-refractivity contribution in [1.29, 1.82) is 0 Å². The van der Waals surface area contributed by atoms with Gasteiger partial charge in [0, 0.05) is 19.3 Å². The standard InChI is InChI=1S/C76H128O6/c1-4-7-10-13-16-19-22-25-28-30-31-32-33-34-35-36-37-38-39-40-41-42-43-44-45-47-48-51-54-57-60-63-66-69-75(78)81-72-73(71-80-74(77)68-65-62-59-56-53-50-27-24-21-18-15-12-9-6-3)82-76(79)70-67-64-61-58-55-52-49-46-29-26-23-20-17-14-11-8-5-2/h7-8,10-11,16-17,19-20,24-29,31-32,49,52,58,61,73H,4-6,9,12-15,18,21-23,30,33-48,50-51,53-57,59-60,62-72H2,1-3H3/b10-7-,11-8-,19-16-,20-17-,27-24-,28-25-,29-26-,32-31-,52-49-,61-58-. The molecule has 0 aliphatic heterocycles. The lowest BCUT2D eigenvalue weighted by atomic mass is 10.0. The van der Waals surface area contributed by atoms with Crippen molar-refractivity contribution in [3.05, 3.63) is 122 Å². The van der Waals surface area contributed by atoms with Crippen LogP contribution in [-0.2, 0) is 28.6 Å². The van der Waals surface area contributed by atoms with Gasteiger partial charge in [-0.3, -0.25) is 14.4 Å². The maximum absolute atomic E-state index is 12.9. The second-order valence-electron chi connectivity index (χ2n) is 22.7. The Hall–Kier alpha value is -4.19. The van der Waals surface area contributed by atoms with Crippen LogP contribution >= 0.6 is 0 Å². The van der Waals surface area contributed by atoms with Gasteiger partial charge in [0.25, 0.3) is 0 Å². The van der Waals surface area contributed by atoms with Crippen LogP contribution in [0.5, 0.6) is 0 Å². The number of allylic oxidation sites excluding steroid dienone is 20. The number of esters is 3. The van der Waals surface area contributed by atoms with E-state index in [0.29, 0.717) is 19.3 Å². The average molecular weight is 1140 g/mol. The third kappa shape index (κ3) is 66.6. The van der Waals surface area contributed by atoms with Crippen LogP contribution in [0.1, 0.15) is 323 Å². The molecule has 1 atom stereocenters. The van der Waals surface area contributed by atoms with Crippen LogP contribution in [0.2, 0.25) is 0 Å². The molecule has 0 aromatic carbocycles. The van der Waals surface area contributed by atoms with Crippen LogP contribution in [0.4, 0.5) is 0 Å². The van der Waals surface area contributed by atoms with Crippen LogP contribution in [0, 0.1) is 0 Å². The maximum atomic E-state index is 12.9. The lowest BCUT2D eigenvalue weighted by Gasteiger charge is -2.18. The quantitative estimate of drug-likeness (QED) is 0.0261. The number of hydrogen-bond acceptors (Lipinski definition) is 6. The number of rotatable bonds is 62. The van der Waals surface area contributed by atoms with Crippen LogP contribution in [0.25, 0.3) is 0 Å². The van der Waals surface area contributed by atoms with Gasteiger partial charge in [-0.05, 0) is 122 Å². The highest BCUT2D eigenvalue weighted by molar-refractivity contribution is 5.71. The summed E-state index contributed by atoms with van der Waals surface area (Å²) < 4.78 is 16.9. The molecule has 0 aliphatic carbocycles. The zero-order valence-corrected chi connectivity index (χ0v) is 53.7. The van der Waals surface area contributed by atoms with E-state index in [1.54, 1.807) is 0 Å². The molecule has 0 heterocycles. The van der Waals surface area contributed by atoms with Gasteiger partial charge >= 0.3 is 17.9 Å². The molecular formula is C76H128O6. The number of carbonyl (C=O) groups is 3. The van der Waals surface area contributed by atoms with E-state index in [-0.39, 0.29) is 37.5 Å². The molecule has 0 fully saturated rings. The van der Waals surface area contributed by atoms with Gasteiger partial charge in [-0.2, -0.15) is 0 Å². The molecule has 0 aromatic heterocycles. The topological polar surface area (TPSA) is 78.9 Å². The Morgan fingerprint density at radius 3 is 0.793 bits per heavy atom. The molecule has 0 saturated carbocycles. The van der Waals surface area contributed by atoms with Crippen molar-refractivity contribution in [1.82, 2.24) is 0 Å². The molecule has 82 heavy (non-hydrogen) atoms. The van der Waals surface area contributed by atoms with E-state index >= 15 is 0 Å². The van der Waals surface area contributed by atoms with Crippen molar-refractivity contribution < 1.29 is 28.6 Å². The van der Waals surface area contributed by atoms with Gasteiger partial charge in [0.2, 0.25) is 0 Å². The molecule has 0 aromatic rings. The molecule has 0 radical (unpaired) electrons. The number of carbonyl (C=O) groups excluding carboxylic acids is 3. The molecule has 0 aliphatic rings. The first-order valence-electron chi connectivity index (χ1n) is 34.5. The third-order valence-electron chi connectivity index (χ3n) is 14.7. The normalized spacial score (nSPS) is 12.9. The minimum Gasteiger partial charge on any atom is -0.462 e. The van der Waals surface area contributed by atoms with E-state index in [9.17, 15) is 14.4 Å². The maximum Gasteiger partial charge on any atom is 0.306 e. The Morgan fingerprint density at radius 2 is 0.488 bits per heavy atom. The summed E-state index contributed by atoms with van der Waals surface area (Å²) in [4.78, 5) is 38.3. The van der Waals surface area contributed by atoms with Crippen molar-refractivity contribution >= 4 is 17.9 Å². The fourth-order valence-electron chi connectivity index (χ4n) is 9.58. The molecular weight excluding hydrogens is 1010 g/mol. The van der Waals surface area contributed by atoms with E-state index in [1.807, 2.05) is 0 Å². The second kappa shape index (κ2) is 69.3. The Kier molecular flexibility index (Phi) is 65.8. The van der Waals surface area contributed by atoms with Crippen molar-refractivity contribution in [2.45, 2.75) is 329 Å². The molecule has 0 rings (SSSR count). The van der Waals surface area contributed by atoms with Gasteiger partial charge in [-0.15, -0.1) is 0 Å². The van der Waals surface area contributed by atoms with Crippen LogP contribution in [0.15, 0.2) is 122 Å². The van der Waals surface area contributed by atoms with Crippen molar-refractivity contribution in [3.63, 3.8) is 0 Å². The minimum atomic E-state index is -0.813. The molecule has 0 amide bonds. The van der Waals surface area contributed by atoms with Gasteiger partial charge in [-0.25, -0.2) is 0 Å². The zero-order valence-electron chi connectivity index (χ0n) is 53.7. The van der Waals surface area contributed by atoms with E-state index in [2.05, 4.69) is 142 Å². The molecule has 468 valence electrons. The van der Waals surface area contributed by atoms with Gasteiger partial charge in [0.1, 0.15) is 13.2 Å². The number of hydrogen-bond donors (Lipinski definition) is 0. The zero-order chi connectivity index (χ0) is 59.2. The van der Waals surface area contributed by atoms with Crippen LogP contribution in [-0.4, -0.2) is 37.2 Å². The van der Waals surface area contributed by atoms with Gasteiger partial charge in [-0.1, -0.05) is 303 Å². The predicted octanol–water partition coefficient (Wildman–Crippen LogP) is 23.9. The fourth-order valence-corrected chi connectivity index (χ4v) is 9.58. The van der Waals surface area contributed by atoms with Gasteiger partial charge in [0.15, 0.2) is 6.10 Å². The van der Waals surface area contributed by atoms with Crippen molar-refractivity contribution in [2.24, 2.45) is 0 Å². The summed E-state index contributed by atoms with van der Waals surface area (Å²) in [5, 5.41) is 0. The lowest BCUT2D eigenvalue weighted by Crippen LogP contribution is -2.30. The third-order valence-corrected chi connectivity index (χ3v) is 14.7. The smallest absolute Gasteiger partial charge is 0.306 e. The fraction of sp³-hybridized carbons (Fsp3) is 0.697. The molecule has 0 N–H and O–H groups in total. The predicted molar refractivity (Wildman–Crippen MR) is 357 cm³/mol. The molecule has 0 saturated heterocycles. The number of unbranched alkanes of at least 4 members (excludes halogenated alkanes) is 31. The summed E-state index contributed by atoms with van der Waals surface area (Å²) in [5.41, 5.74) is 0. The van der Waals surface area contributed by atoms with Crippen LogP contribution < -0.4 is 0 Å². The highest BCUT2D eigenvalue weighted by Gasteiger charge is 2.19. The van der Waals surface area contributed by atoms with Gasteiger partial charge in [0.05, 0.1) is 0 Å². The summed E-state index contributed by atoms with van der Waals surface area (Å²) in [6, 6.07) is 0. The van der Waals surface area contributed by atoms with Crippen molar-refractivity contribution in [3.8, 4) is 0 Å². The highest BCUT2D eigenvalue weighted by Crippen LogP contribution is 2.17. The molecule has 6 heteroatoms. The molecule has 6 nitrogen and oxygen atoms in total. The average Bonchev–Trinajstić information content (AvgIpc) is 3.48. The Bertz CT molecular complexity index is 1690. The monoisotopic (exact) mass is 1140 g/mol. The Labute approximate surface area is 507 Å². The van der Waals surface area contributed by atoms with E-state index in [4.69, 9.17) is 14.2 Å². The van der Waals surface area contributed by atoms with E-state index in [0.717, 1.165) is 116 Å². The minimum absolute atomic E-state index is 0.102. The van der Waals surface area contributed by atoms with E-state index < -0.39 is 6.10 Å². The largest absolute Gasteiger partial charge is 0.462 e. The highest BCUT2D eigenvalue weighted by atomic mass is 16.6. The van der Waals surface area contributed by atoms with Crippen molar-refractivity contribution in [2.75, 3.05) is 13.2 Å². The second-order valence-corrected chi connectivity index (χ2v) is 22.7. The first kappa shape index (κ1) is 77.8. The lowest BCUT2D eigenvalue weighted by molar-refractivity contribution is -0.167. The summed E-state index contributed by atoms with van der Waals surface area (Å²) in [6.45, 7) is 6.37. The Morgan fingerprint density at radius 1 is 0.256 bits per heavy atom. The molecule has 0 spiro atoms. The van der Waals surface area contributed by atoms with Gasteiger partial charge < -0.3 is 14.2 Å². The first-order valence-corrected chi connectivity index (χ1v) is 34.5. The van der Waals surface area contributed by atoms with E-state index in [1.165, 1.54) is 161 Å². The SMILES string of the molecule is CC/C=C\C/C=C\C/C=C\C/C=C\C/C=C\CCCC(=O)OC(COC(=O)CCCCCCC/C=C\CCCCCCC)COC(=O)CCCCCCCCCCCCCCCCCCCCCC/C=C\C/C=C\C/C=C\C/C=C\CC. The molecule has 1 unspecified atom stereocenters. The summed E-state index contributed by atoms with van der Waals surface area (Å²) in [6.07, 6.45) is 96.7.